The molecule has 1 unspecified atom stereocenters. The van der Waals surface area contributed by atoms with Gasteiger partial charge >= 0.3 is 0 Å². The summed E-state index contributed by atoms with van der Waals surface area (Å²) in [7, 11) is 2.24. The first-order valence-electron chi connectivity index (χ1n) is 7.52. The van der Waals surface area contributed by atoms with Gasteiger partial charge < -0.3 is 9.47 Å². The molecule has 3 rings (SSSR count). The van der Waals surface area contributed by atoms with Gasteiger partial charge in [-0.3, -0.25) is 4.79 Å². The Balaban J connectivity index is 1.75. The van der Waals surface area contributed by atoms with E-state index in [-0.39, 0.29) is 0 Å². The van der Waals surface area contributed by atoms with E-state index in [1.165, 1.54) is 43.1 Å². The number of aldehydes is 1. The van der Waals surface area contributed by atoms with Gasteiger partial charge in [0.15, 0.2) is 0 Å². The molecule has 0 saturated carbocycles. The third-order valence-corrected chi connectivity index (χ3v) is 4.56. The van der Waals surface area contributed by atoms with Crippen molar-refractivity contribution in [2.45, 2.75) is 38.3 Å². The van der Waals surface area contributed by atoms with E-state index in [0.717, 1.165) is 18.4 Å². The number of carbonyl (C=O) groups excluding carboxylic acids is 1. The summed E-state index contributed by atoms with van der Waals surface area (Å²) in [6.07, 6.45) is 8.26. The van der Waals surface area contributed by atoms with Gasteiger partial charge in [0.2, 0.25) is 0 Å². The van der Waals surface area contributed by atoms with Crippen LogP contribution in [0.1, 0.15) is 36.0 Å². The topological polar surface area (TPSA) is 25.2 Å². The fourth-order valence-corrected chi connectivity index (χ4v) is 3.27. The van der Waals surface area contributed by atoms with Crippen LogP contribution in [0.25, 0.3) is 10.9 Å². The Labute approximate surface area is 120 Å². The van der Waals surface area contributed by atoms with E-state index in [1.807, 2.05) is 18.2 Å². The van der Waals surface area contributed by atoms with Crippen LogP contribution in [-0.2, 0) is 6.54 Å². The number of hydrogen-bond acceptors (Lipinski definition) is 2. The number of piperidine rings is 1. The number of nitrogens with zero attached hydrogens (tertiary/aromatic N) is 2. The molecule has 0 aliphatic carbocycles. The van der Waals surface area contributed by atoms with Crippen molar-refractivity contribution in [3.63, 3.8) is 0 Å². The maximum absolute atomic E-state index is 10.9. The lowest BCUT2D eigenvalue weighted by Gasteiger charge is -2.32. The summed E-state index contributed by atoms with van der Waals surface area (Å²) >= 11 is 0. The van der Waals surface area contributed by atoms with E-state index in [0.29, 0.717) is 6.04 Å². The molecule has 3 heteroatoms. The molecule has 0 bridgehead atoms. The molecule has 3 nitrogen and oxygen atoms in total. The second kappa shape index (κ2) is 5.80. The fourth-order valence-electron chi connectivity index (χ4n) is 3.27. The summed E-state index contributed by atoms with van der Waals surface area (Å²) in [4.78, 5) is 13.4. The predicted molar refractivity (Wildman–Crippen MR) is 82.2 cm³/mol. The number of aromatic nitrogens is 1. The predicted octanol–water partition coefficient (Wildman–Crippen LogP) is 3.33. The Morgan fingerprint density at radius 1 is 1.30 bits per heavy atom. The number of hydrogen-bond donors (Lipinski definition) is 0. The van der Waals surface area contributed by atoms with Crippen LogP contribution in [-0.4, -0.2) is 35.4 Å². The maximum atomic E-state index is 10.9. The number of rotatable bonds is 4. The Kier molecular flexibility index (Phi) is 3.88. The smallest absolute Gasteiger partial charge is 0.150 e. The van der Waals surface area contributed by atoms with Crippen LogP contribution in [0.3, 0.4) is 0 Å². The van der Waals surface area contributed by atoms with Gasteiger partial charge in [0, 0.05) is 29.9 Å². The monoisotopic (exact) mass is 270 g/mol. The Bertz CT molecular complexity index is 602. The van der Waals surface area contributed by atoms with E-state index in [4.69, 9.17) is 0 Å². The lowest BCUT2D eigenvalue weighted by atomic mass is 10.0. The highest BCUT2D eigenvalue weighted by Crippen LogP contribution is 2.21. The molecule has 1 aliphatic rings. The van der Waals surface area contributed by atoms with Crippen LogP contribution in [0.4, 0.5) is 0 Å². The van der Waals surface area contributed by atoms with Gasteiger partial charge in [-0.15, -0.1) is 0 Å². The average Bonchev–Trinajstić information content (AvgIpc) is 2.88. The molecule has 1 aliphatic heterocycles. The summed E-state index contributed by atoms with van der Waals surface area (Å²) in [5.41, 5.74) is 1.93. The highest BCUT2D eigenvalue weighted by Gasteiger charge is 2.18. The van der Waals surface area contributed by atoms with Crippen molar-refractivity contribution in [2.75, 3.05) is 13.6 Å². The molecule has 1 aromatic heterocycles. The molecule has 1 atom stereocenters. The first-order valence-corrected chi connectivity index (χ1v) is 7.52. The third-order valence-electron chi connectivity index (χ3n) is 4.56. The molecule has 2 aromatic rings. The highest BCUT2D eigenvalue weighted by molar-refractivity contribution is 5.87. The lowest BCUT2D eigenvalue weighted by molar-refractivity contribution is 0.112. The van der Waals surface area contributed by atoms with Crippen molar-refractivity contribution in [1.29, 1.82) is 0 Å². The van der Waals surface area contributed by atoms with Crippen LogP contribution in [0.15, 0.2) is 30.5 Å². The maximum Gasteiger partial charge on any atom is 0.150 e. The fraction of sp³-hybridized carbons (Fsp3) is 0.471. The number of carbonyl (C=O) groups is 1. The molecule has 20 heavy (non-hydrogen) atoms. The minimum Gasteiger partial charge on any atom is -0.347 e. The van der Waals surface area contributed by atoms with Crippen molar-refractivity contribution in [1.82, 2.24) is 9.47 Å². The zero-order valence-electron chi connectivity index (χ0n) is 12.1. The van der Waals surface area contributed by atoms with Gasteiger partial charge in [-0.25, -0.2) is 0 Å². The lowest BCUT2D eigenvalue weighted by Crippen LogP contribution is -2.36. The quantitative estimate of drug-likeness (QED) is 0.796. The number of fused-ring (bicyclic) bond motifs is 1. The summed E-state index contributed by atoms with van der Waals surface area (Å²) < 4.78 is 2.28. The zero-order chi connectivity index (χ0) is 13.9. The van der Waals surface area contributed by atoms with Gasteiger partial charge in [-0.05, 0) is 50.4 Å². The van der Waals surface area contributed by atoms with E-state index in [1.54, 1.807) is 0 Å². The number of aryl methyl sites for hydroxylation is 1. The van der Waals surface area contributed by atoms with Gasteiger partial charge in [-0.1, -0.05) is 18.6 Å². The van der Waals surface area contributed by atoms with Crippen molar-refractivity contribution in [2.24, 2.45) is 0 Å². The van der Waals surface area contributed by atoms with Crippen molar-refractivity contribution < 1.29 is 4.79 Å². The molecule has 1 aromatic carbocycles. The SMILES string of the molecule is CN1CCCCC1CCn1ccc2ccc(C=O)cc21. The molecule has 0 amide bonds. The molecule has 0 spiro atoms. The normalized spacial score (nSPS) is 20.4. The van der Waals surface area contributed by atoms with E-state index in [9.17, 15) is 4.79 Å². The number of likely N-dealkylation sites (tertiary alicyclic amines) is 1. The molecule has 1 fully saturated rings. The van der Waals surface area contributed by atoms with Gasteiger partial charge in [0.05, 0.1) is 0 Å². The molecule has 106 valence electrons. The van der Waals surface area contributed by atoms with E-state index >= 15 is 0 Å². The van der Waals surface area contributed by atoms with Gasteiger partial charge in [0.25, 0.3) is 0 Å². The number of benzene rings is 1. The molecular weight excluding hydrogens is 248 g/mol. The van der Waals surface area contributed by atoms with E-state index < -0.39 is 0 Å². The Morgan fingerprint density at radius 2 is 2.20 bits per heavy atom. The van der Waals surface area contributed by atoms with Crippen molar-refractivity contribution in [3.8, 4) is 0 Å². The standard InChI is InChI=1S/C17H22N2O/c1-18-9-3-2-4-16(18)8-11-19-10-7-15-6-5-14(13-20)12-17(15)19/h5-7,10,12-13,16H,2-4,8-9,11H2,1H3. The summed E-state index contributed by atoms with van der Waals surface area (Å²) in [5.74, 6) is 0. The van der Waals surface area contributed by atoms with Crippen LogP contribution in [0.5, 0.6) is 0 Å². The molecule has 1 saturated heterocycles. The Hall–Kier alpha value is -1.61. The summed E-state index contributed by atoms with van der Waals surface area (Å²) in [6.45, 7) is 2.26. The summed E-state index contributed by atoms with van der Waals surface area (Å²) in [6, 6.07) is 8.74. The van der Waals surface area contributed by atoms with Crippen LogP contribution in [0.2, 0.25) is 0 Å². The van der Waals surface area contributed by atoms with Gasteiger partial charge in [-0.2, -0.15) is 0 Å². The molecular formula is C17H22N2O. The largest absolute Gasteiger partial charge is 0.347 e. The molecule has 0 radical (unpaired) electrons. The molecule has 0 N–H and O–H groups in total. The third kappa shape index (κ3) is 2.63. The second-order valence-corrected chi connectivity index (χ2v) is 5.86. The van der Waals surface area contributed by atoms with Crippen LogP contribution < -0.4 is 0 Å². The minimum absolute atomic E-state index is 0.704. The first kappa shape index (κ1) is 13.4. The van der Waals surface area contributed by atoms with Gasteiger partial charge in [0.1, 0.15) is 6.29 Å². The van der Waals surface area contributed by atoms with Crippen molar-refractivity contribution in [3.05, 3.63) is 36.0 Å². The van der Waals surface area contributed by atoms with E-state index in [2.05, 4.69) is 28.8 Å². The van der Waals surface area contributed by atoms with Crippen LogP contribution in [0, 0.1) is 0 Å². The minimum atomic E-state index is 0.704. The highest BCUT2D eigenvalue weighted by atomic mass is 16.1. The average molecular weight is 270 g/mol. The van der Waals surface area contributed by atoms with Crippen molar-refractivity contribution >= 4 is 17.2 Å². The zero-order valence-corrected chi connectivity index (χ0v) is 12.1. The second-order valence-electron chi connectivity index (χ2n) is 5.86. The Morgan fingerprint density at radius 3 is 3.00 bits per heavy atom. The first-order chi connectivity index (χ1) is 9.78. The van der Waals surface area contributed by atoms with Crippen LogP contribution >= 0.6 is 0 Å². The summed E-state index contributed by atoms with van der Waals surface area (Å²) in [5, 5.41) is 1.22. The molecule has 2 heterocycles.